The summed E-state index contributed by atoms with van der Waals surface area (Å²) in [5.41, 5.74) is 5.74. The van der Waals surface area contributed by atoms with Gasteiger partial charge in [0.25, 0.3) is 0 Å². The molecule has 0 saturated heterocycles. The molecule has 0 radical (unpaired) electrons. The molecule has 0 bridgehead atoms. The summed E-state index contributed by atoms with van der Waals surface area (Å²) in [6, 6.07) is 4.79. The average Bonchev–Trinajstić information content (AvgIpc) is 2.38. The van der Waals surface area contributed by atoms with Gasteiger partial charge in [0.05, 0.1) is 11.2 Å². The van der Waals surface area contributed by atoms with Crippen LogP contribution in [0.1, 0.15) is 5.69 Å². The van der Waals surface area contributed by atoms with Gasteiger partial charge in [0, 0.05) is 24.5 Å². The second-order valence-electron chi connectivity index (χ2n) is 3.30. The first kappa shape index (κ1) is 12.1. The van der Waals surface area contributed by atoms with Gasteiger partial charge in [0.15, 0.2) is 5.84 Å². The summed E-state index contributed by atoms with van der Waals surface area (Å²) in [7, 11) is 0. The Balaban J connectivity index is 2.24. The van der Waals surface area contributed by atoms with Crippen LogP contribution in [0.25, 0.3) is 0 Å². The molecule has 2 rings (SSSR count). The van der Waals surface area contributed by atoms with Gasteiger partial charge in [-0.05, 0) is 6.07 Å². The zero-order chi connectivity index (χ0) is 13.0. The first-order valence-corrected chi connectivity index (χ1v) is 5.29. The van der Waals surface area contributed by atoms with Gasteiger partial charge in [0.2, 0.25) is 0 Å². The fourth-order valence-electron chi connectivity index (χ4n) is 1.25. The summed E-state index contributed by atoms with van der Waals surface area (Å²) in [4.78, 5) is 7.82. The van der Waals surface area contributed by atoms with E-state index in [0.717, 1.165) is 0 Å². The molecule has 18 heavy (non-hydrogen) atoms. The lowest BCUT2D eigenvalue weighted by atomic mass is 10.3. The first-order chi connectivity index (χ1) is 8.69. The highest BCUT2D eigenvalue weighted by molar-refractivity contribution is 6.30. The highest BCUT2D eigenvalue weighted by atomic mass is 35.5. The van der Waals surface area contributed by atoms with Crippen molar-refractivity contribution in [1.82, 2.24) is 9.97 Å². The Morgan fingerprint density at radius 3 is 2.89 bits per heavy atom. The van der Waals surface area contributed by atoms with Gasteiger partial charge in [-0.3, -0.25) is 9.97 Å². The number of nitrogens with zero attached hydrogens (tertiary/aromatic N) is 3. The quantitative estimate of drug-likeness (QED) is 0.383. The molecule has 0 fully saturated rings. The predicted molar refractivity (Wildman–Crippen MR) is 66.1 cm³/mol. The Morgan fingerprint density at radius 1 is 1.33 bits per heavy atom. The highest BCUT2D eigenvalue weighted by Gasteiger charge is 2.04. The predicted octanol–water partition coefficient (Wildman–Crippen LogP) is 2.02. The summed E-state index contributed by atoms with van der Waals surface area (Å²) in [6.45, 7) is 0. The van der Waals surface area contributed by atoms with Crippen molar-refractivity contribution in [2.75, 3.05) is 0 Å². The minimum Gasteiger partial charge on any atom is -0.456 e. The topological polar surface area (TPSA) is 93.6 Å². The van der Waals surface area contributed by atoms with E-state index in [9.17, 15) is 0 Å². The van der Waals surface area contributed by atoms with Crippen molar-refractivity contribution in [2.24, 2.45) is 10.9 Å². The molecule has 0 unspecified atom stereocenters. The maximum Gasteiger partial charge on any atom is 0.188 e. The number of rotatable bonds is 3. The lowest BCUT2D eigenvalue weighted by Crippen LogP contribution is -2.14. The van der Waals surface area contributed by atoms with Gasteiger partial charge in [-0.25, -0.2) is 0 Å². The molecule has 0 spiro atoms. The van der Waals surface area contributed by atoms with E-state index < -0.39 is 0 Å². The van der Waals surface area contributed by atoms with Gasteiger partial charge in [-0.15, -0.1) is 0 Å². The smallest absolute Gasteiger partial charge is 0.188 e. The maximum atomic E-state index is 8.56. The van der Waals surface area contributed by atoms with Crippen LogP contribution in [0.3, 0.4) is 0 Å². The van der Waals surface area contributed by atoms with Crippen molar-refractivity contribution in [3.05, 3.63) is 47.5 Å². The van der Waals surface area contributed by atoms with Crippen LogP contribution in [0.4, 0.5) is 0 Å². The molecule has 0 amide bonds. The van der Waals surface area contributed by atoms with Crippen LogP contribution in [0.15, 0.2) is 41.9 Å². The standard InChI is InChI=1S/C11H9ClN4O2/c12-7-3-9(6-14-5-7)18-8-1-2-15-10(4-8)11(13)16-17/h1-6,17H,(H2,13,16). The third-order valence-electron chi connectivity index (χ3n) is 2.02. The fourth-order valence-corrected chi connectivity index (χ4v) is 1.41. The van der Waals surface area contributed by atoms with Crippen LogP contribution in [-0.2, 0) is 0 Å². The third kappa shape index (κ3) is 2.86. The molecule has 0 aliphatic rings. The number of pyridine rings is 2. The number of ether oxygens (including phenoxy) is 1. The molecule has 6 nitrogen and oxygen atoms in total. The van der Waals surface area contributed by atoms with Crippen LogP contribution in [0, 0.1) is 0 Å². The summed E-state index contributed by atoms with van der Waals surface area (Å²) in [5, 5.41) is 11.9. The SMILES string of the molecule is NC(=NO)c1cc(Oc2cncc(Cl)c2)ccn1. The molecule has 0 atom stereocenters. The maximum absolute atomic E-state index is 8.56. The number of aromatic nitrogens is 2. The summed E-state index contributed by atoms with van der Waals surface area (Å²) < 4.78 is 5.52. The van der Waals surface area contributed by atoms with Crippen LogP contribution < -0.4 is 10.5 Å². The molecular formula is C11H9ClN4O2. The lowest BCUT2D eigenvalue weighted by molar-refractivity contribution is 0.318. The number of amidine groups is 1. The van der Waals surface area contributed by atoms with E-state index >= 15 is 0 Å². The molecule has 0 aliphatic heterocycles. The van der Waals surface area contributed by atoms with Crippen LogP contribution in [0.2, 0.25) is 5.02 Å². The van der Waals surface area contributed by atoms with E-state index in [1.807, 2.05) is 0 Å². The molecule has 0 aliphatic carbocycles. The van der Waals surface area contributed by atoms with E-state index in [4.69, 9.17) is 27.3 Å². The minimum absolute atomic E-state index is 0.0929. The second-order valence-corrected chi connectivity index (χ2v) is 3.74. The van der Waals surface area contributed by atoms with Gasteiger partial charge in [-0.1, -0.05) is 16.8 Å². The van der Waals surface area contributed by atoms with E-state index in [1.165, 1.54) is 24.7 Å². The first-order valence-electron chi connectivity index (χ1n) is 4.91. The molecule has 7 heteroatoms. The van der Waals surface area contributed by atoms with Crippen molar-refractivity contribution in [1.29, 1.82) is 0 Å². The van der Waals surface area contributed by atoms with Crippen molar-refractivity contribution < 1.29 is 9.94 Å². The largest absolute Gasteiger partial charge is 0.456 e. The molecule has 2 aromatic heterocycles. The Morgan fingerprint density at radius 2 is 2.17 bits per heavy atom. The highest BCUT2D eigenvalue weighted by Crippen LogP contribution is 2.22. The van der Waals surface area contributed by atoms with Gasteiger partial charge in [-0.2, -0.15) is 0 Å². The molecular weight excluding hydrogens is 256 g/mol. The van der Waals surface area contributed by atoms with E-state index in [2.05, 4.69) is 15.1 Å². The lowest BCUT2D eigenvalue weighted by Gasteiger charge is -2.06. The number of nitrogens with two attached hydrogens (primary N) is 1. The normalized spacial score (nSPS) is 11.3. The minimum atomic E-state index is -0.0929. The molecule has 0 aromatic carbocycles. The van der Waals surface area contributed by atoms with Crippen molar-refractivity contribution in [3.8, 4) is 11.5 Å². The van der Waals surface area contributed by atoms with Crippen molar-refractivity contribution in [3.63, 3.8) is 0 Å². The summed E-state index contributed by atoms with van der Waals surface area (Å²) in [6.07, 6.45) is 4.51. The average molecular weight is 265 g/mol. The van der Waals surface area contributed by atoms with Crippen LogP contribution in [0.5, 0.6) is 11.5 Å². The Bertz CT molecular complexity index is 589. The van der Waals surface area contributed by atoms with Crippen molar-refractivity contribution in [2.45, 2.75) is 0 Å². The molecule has 3 N–H and O–H groups in total. The number of hydrogen-bond donors (Lipinski definition) is 2. The van der Waals surface area contributed by atoms with E-state index in [0.29, 0.717) is 22.2 Å². The number of oxime groups is 1. The van der Waals surface area contributed by atoms with Crippen LogP contribution in [-0.4, -0.2) is 21.0 Å². The van der Waals surface area contributed by atoms with Gasteiger partial charge >= 0.3 is 0 Å². The van der Waals surface area contributed by atoms with Crippen molar-refractivity contribution >= 4 is 17.4 Å². The monoisotopic (exact) mass is 264 g/mol. The third-order valence-corrected chi connectivity index (χ3v) is 2.22. The zero-order valence-electron chi connectivity index (χ0n) is 9.12. The molecule has 2 aromatic rings. The Kier molecular flexibility index (Phi) is 3.59. The van der Waals surface area contributed by atoms with Gasteiger partial charge in [0.1, 0.15) is 17.2 Å². The molecule has 0 saturated carbocycles. The number of hydrogen-bond acceptors (Lipinski definition) is 5. The molecule has 2 heterocycles. The van der Waals surface area contributed by atoms with E-state index in [1.54, 1.807) is 12.1 Å². The zero-order valence-corrected chi connectivity index (χ0v) is 9.87. The Hall–Kier alpha value is -2.34. The summed E-state index contributed by atoms with van der Waals surface area (Å²) >= 11 is 5.79. The fraction of sp³-hybridized carbons (Fsp3) is 0. The molecule has 92 valence electrons. The Labute approximate surface area is 108 Å². The van der Waals surface area contributed by atoms with E-state index in [-0.39, 0.29) is 5.84 Å². The summed E-state index contributed by atoms with van der Waals surface area (Å²) in [5.74, 6) is 0.875. The van der Waals surface area contributed by atoms with Crippen LogP contribution >= 0.6 is 11.6 Å². The second kappa shape index (κ2) is 5.33. The van der Waals surface area contributed by atoms with Gasteiger partial charge < -0.3 is 15.7 Å². The number of halogens is 1.